The first-order valence-corrected chi connectivity index (χ1v) is 9.62. The van der Waals surface area contributed by atoms with Crippen molar-refractivity contribution in [2.24, 2.45) is 0 Å². The molecule has 0 aromatic heterocycles. The molecule has 0 saturated carbocycles. The third-order valence-corrected chi connectivity index (χ3v) is 4.66. The third-order valence-electron chi connectivity index (χ3n) is 3.99. The molecule has 1 aromatic rings. The number of carbonyl (C=O) groups excluding carboxylic acids is 1. The Kier molecular flexibility index (Phi) is 10.5. The van der Waals surface area contributed by atoms with Crippen LogP contribution in [0.1, 0.15) is 76.7 Å². The van der Waals surface area contributed by atoms with E-state index in [2.05, 4.69) is 53.8 Å². The Hall–Kier alpha value is -0.580. The molecule has 2 nitrogen and oxygen atoms in total. The summed E-state index contributed by atoms with van der Waals surface area (Å²) in [5, 5.41) is 0. The molecule has 1 unspecified atom stereocenters. The zero-order valence-electron chi connectivity index (χ0n) is 13.9. The summed E-state index contributed by atoms with van der Waals surface area (Å²) in [7, 11) is 0. The molecule has 0 N–H and O–H groups in total. The Labute approximate surface area is 149 Å². The van der Waals surface area contributed by atoms with Crippen molar-refractivity contribution in [2.75, 3.05) is 6.61 Å². The van der Waals surface area contributed by atoms with Gasteiger partial charge in [-0.05, 0) is 66.0 Å². The molecule has 1 aromatic carbocycles. The Morgan fingerprint density at radius 2 is 1.82 bits per heavy atom. The zero-order chi connectivity index (χ0) is 16.2. The quantitative estimate of drug-likeness (QED) is 0.248. The fraction of sp³-hybridized carbons (Fsp3) is 0.632. The van der Waals surface area contributed by atoms with Crippen molar-refractivity contribution >= 4 is 28.6 Å². The minimum Gasteiger partial charge on any atom is -0.466 e. The lowest BCUT2D eigenvalue weighted by Gasteiger charge is -2.12. The van der Waals surface area contributed by atoms with Gasteiger partial charge in [0, 0.05) is 9.99 Å². The minimum atomic E-state index is -0.0474. The summed E-state index contributed by atoms with van der Waals surface area (Å²) in [6, 6.07) is 8.83. The topological polar surface area (TPSA) is 26.3 Å². The van der Waals surface area contributed by atoms with Gasteiger partial charge >= 0.3 is 5.97 Å². The van der Waals surface area contributed by atoms with Crippen LogP contribution in [0.4, 0.5) is 0 Å². The van der Waals surface area contributed by atoms with Gasteiger partial charge in [-0.3, -0.25) is 4.79 Å². The second-order valence-electron chi connectivity index (χ2n) is 5.92. The molecule has 22 heavy (non-hydrogen) atoms. The van der Waals surface area contributed by atoms with Crippen molar-refractivity contribution in [2.45, 2.75) is 71.1 Å². The molecule has 0 heterocycles. The molecule has 1 atom stereocenters. The first kappa shape index (κ1) is 19.5. The summed E-state index contributed by atoms with van der Waals surface area (Å²) in [5.41, 5.74) is 1.46. The van der Waals surface area contributed by atoms with Crippen LogP contribution in [-0.2, 0) is 9.53 Å². The van der Waals surface area contributed by atoms with Gasteiger partial charge in [-0.1, -0.05) is 51.2 Å². The van der Waals surface area contributed by atoms with E-state index in [1.165, 1.54) is 41.2 Å². The fourth-order valence-corrected chi connectivity index (χ4v) is 3.21. The van der Waals surface area contributed by atoms with E-state index in [1.807, 2.05) is 6.92 Å². The highest BCUT2D eigenvalue weighted by molar-refractivity contribution is 14.1. The second kappa shape index (κ2) is 11.9. The van der Waals surface area contributed by atoms with Crippen LogP contribution in [-0.4, -0.2) is 12.6 Å². The molecular formula is C19H29IO2. The van der Waals surface area contributed by atoms with Crippen molar-refractivity contribution in [3.63, 3.8) is 0 Å². The van der Waals surface area contributed by atoms with Gasteiger partial charge in [0.15, 0.2) is 0 Å². The van der Waals surface area contributed by atoms with Crippen LogP contribution < -0.4 is 0 Å². The van der Waals surface area contributed by atoms with Crippen LogP contribution in [0.25, 0.3) is 0 Å². The first-order valence-electron chi connectivity index (χ1n) is 8.54. The Bertz CT molecular complexity index is 431. The monoisotopic (exact) mass is 416 g/mol. The highest BCUT2D eigenvalue weighted by Crippen LogP contribution is 2.23. The van der Waals surface area contributed by atoms with Gasteiger partial charge in [0.05, 0.1) is 6.61 Å². The Morgan fingerprint density at radius 3 is 2.50 bits per heavy atom. The number of rotatable bonds is 11. The van der Waals surface area contributed by atoms with Crippen molar-refractivity contribution in [1.29, 1.82) is 0 Å². The SMILES string of the molecule is CCOC(=O)CCCCCCCCC(C)c1cccc(I)c1. The van der Waals surface area contributed by atoms with Crippen LogP contribution in [0.15, 0.2) is 24.3 Å². The van der Waals surface area contributed by atoms with E-state index >= 15 is 0 Å². The van der Waals surface area contributed by atoms with E-state index in [0.29, 0.717) is 18.9 Å². The van der Waals surface area contributed by atoms with E-state index in [-0.39, 0.29) is 5.97 Å². The first-order chi connectivity index (χ1) is 10.6. The summed E-state index contributed by atoms with van der Waals surface area (Å²) in [6.45, 7) is 4.68. The number of hydrogen-bond acceptors (Lipinski definition) is 2. The Morgan fingerprint density at radius 1 is 1.14 bits per heavy atom. The van der Waals surface area contributed by atoms with Crippen LogP contribution >= 0.6 is 22.6 Å². The maximum atomic E-state index is 11.2. The number of halogens is 1. The van der Waals surface area contributed by atoms with Gasteiger partial charge < -0.3 is 4.74 Å². The predicted molar refractivity (Wildman–Crippen MR) is 101 cm³/mol. The molecule has 0 aliphatic carbocycles. The second-order valence-corrected chi connectivity index (χ2v) is 7.17. The number of hydrogen-bond donors (Lipinski definition) is 0. The lowest BCUT2D eigenvalue weighted by Crippen LogP contribution is -2.03. The van der Waals surface area contributed by atoms with E-state index < -0.39 is 0 Å². The van der Waals surface area contributed by atoms with Gasteiger partial charge in [0.1, 0.15) is 0 Å². The maximum absolute atomic E-state index is 11.2. The van der Waals surface area contributed by atoms with Gasteiger partial charge in [-0.2, -0.15) is 0 Å². The molecule has 0 aliphatic rings. The summed E-state index contributed by atoms with van der Waals surface area (Å²) < 4.78 is 6.25. The van der Waals surface area contributed by atoms with Crippen molar-refractivity contribution in [3.8, 4) is 0 Å². The standard InChI is InChI=1S/C19H29IO2/c1-3-22-19(21)14-9-7-5-4-6-8-11-16(2)17-12-10-13-18(20)15-17/h10,12-13,15-16H,3-9,11,14H2,1-2H3. The smallest absolute Gasteiger partial charge is 0.305 e. The number of benzene rings is 1. The molecule has 0 amide bonds. The van der Waals surface area contributed by atoms with E-state index in [1.54, 1.807) is 0 Å². The zero-order valence-corrected chi connectivity index (χ0v) is 16.1. The van der Waals surface area contributed by atoms with E-state index in [4.69, 9.17) is 4.74 Å². The fourth-order valence-electron chi connectivity index (χ4n) is 2.64. The summed E-state index contributed by atoms with van der Waals surface area (Å²) >= 11 is 2.38. The minimum absolute atomic E-state index is 0.0474. The molecule has 1 rings (SSSR count). The van der Waals surface area contributed by atoms with Crippen molar-refractivity contribution in [1.82, 2.24) is 0 Å². The highest BCUT2D eigenvalue weighted by Gasteiger charge is 2.05. The number of ether oxygens (including phenoxy) is 1. The summed E-state index contributed by atoms with van der Waals surface area (Å²) in [5.74, 6) is 0.604. The summed E-state index contributed by atoms with van der Waals surface area (Å²) in [4.78, 5) is 11.2. The lowest BCUT2D eigenvalue weighted by atomic mass is 9.95. The van der Waals surface area contributed by atoms with E-state index in [0.717, 1.165) is 12.8 Å². The molecule has 0 aliphatic heterocycles. The molecule has 3 heteroatoms. The van der Waals surface area contributed by atoms with Crippen LogP contribution in [0.2, 0.25) is 0 Å². The molecule has 0 bridgehead atoms. The number of esters is 1. The lowest BCUT2D eigenvalue weighted by molar-refractivity contribution is -0.143. The van der Waals surface area contributed by atoms with Crippen LogP contribution in [0.5, 0.6) is 0 Å². The number of carbonyl (C=O) groups is 1. The molecule has 0 fully saturated rings. The molecule has 0 spiro atoms. The van der Waals surface area contributed by atoms with Crippen molar-refractivity contribution < 1.29 is 9.53 Å². The van der Waals surface area contributed by atoms with Crippen molar-refractivity contribution in [3.05, 3.63) is 33.4 Å². The normalized spacial score (nSPS) is 12.1. The maximum Gasteiger partial charge on any atom is 0.305 e. The highest BCUT2D eigenvalue weighted by atomic mass is 127. The largest absolute Gasteiger partial charge is 0.466 e. The molecular weight excluding hydrogens is 387 g/mol. The number of unbranched alkanes of at least 4 members (excludes halogenated alkanes) is 5. The predicted octanol–water partition coefficient (Wildman–Crippen LogP) is 6.08. The van der Waals surface area contributed by atoms with Gasteiger partial charge in [-0.25, -0.2) is 0 Å². The van der Waals surface area contributed by atoms with Crippen LogP contribution in [0, 0.1) is 3.57 Å². The van der Waals surface area contributed by atoms with Gasteiger partial charge in [-0.15, -0.1) is 0 Å². The Balaban J connectivity index is 2.00. The van der Waals surface area contributed by atoms with E-state index in [9.17, 15) is 4.79 Å². The molecule has 124 valence electrons. The van der Waals surface area contributed by atoms with Gasteiger partial charge in [0.2, 0.25) is 0 Å². The van der Waals surface area contributed by atoms with Crippen LogP contribution in [0.3, 0.4) is 0 Å². The summed E-state index contributed by atoms with van der Waals surface area (Å²) in [6.07, 6.45) is 9.07. The van der Waals surface area contributed by atoms with Gasteiger partial charge in [0.25, 0.3) is 0 Å². The average molecular weight is 416 g/mol. The molecule has 0 saturated heterocycles. The average Bonchev–Trinajstić information content (AvgIpc) is 2.50. The third kappa shape index (κ3) is 8.76. The molecule has 0 radical (unpaired) electrons.